The van der Waals surface area contributed by atoms with Gasteiger partial charge in [0.25, 0.3) is 0 Å². The van der Waals surface area contributed by atoms with E-state index in [-0.39, 0.29) is 0 Å². The van der Waals surface area contributed by atoms with E-state index in [1.54, 1.807) is 0 Å². The number of hydrogen-bond donors (Lipinski definition) is 2. The molecule has 2 rings (SSSR count). The predicted octanol–water partition coefficient (Wildman–Crippen LogP) is 1.16. The minimum absolute atomic E-state index is 1.07. The van der Waals surface area contributed by atoms with Gasteiger partial charge in [-0.15, -0.1) is 0 Å². The molecule has 0 spiro atoms. The molecule has 0 aliphatic carbocycles. The SMILES string of the molecule is C1=CCNC1.c1cc[nH]c1. The highest BCUT2D eigenvalue weighted by atomic mass is 14.9. The minimum atomic E-state index is 1.07. The van der Waals surface area contributed by atoms with Crippen LogP contribution in [0.1, 0.15) is 0 Å². The van der Waals surface area contributed by atoms with Gasteiger partial charge in [0.05, 0.1) is 0 Å². The van der Waals surface area contributed by atoms with Crippen molar-refractivity contribution in [2.24, 2.45) is 0 Å². The molecular weight excluding hydrogens is 124 g/mol. The molecule has 0 atom stereocenters. The number of H-pyrrole nitrogens is 1. The third-order valence-electron chi connectivity index (χ3n) is 1.19. The lowest BCUT2D eigenvalue weighted by Crippen LogP contribution is -2.04. The van der Waals surface area contributed by atoms with Gasteiger partial charge in [-0.3, -0.25) is 0 Å². The summed E-state index contributed by atoms with van der Waals surface area (Å²) in [7, 11) is 0. The van der Waals surface area contributed by atoms with Gasteiger partial charge in [-0.2, -0.15) is 0 Å². The van der Waals surface area contributed by atoms with Gasteiger partial charge in [0, 0.05) is 25.5 Å². The third kappa shape index (κ3) is 3.10. The van der Waals surface area contributed by atoms with Crippen LogP contribution in [0.5, 0.6) is 0 Å². The zero-order valence-corrected chi connectivity index (χ0v) is 5.88. The summed E-state index contributed by atoms with van der Waals surface area (Å²) in [5, 5.41) is 3.11. The summed E-state index contributed by atoms with van der Waals surface area (Å²) >= 11 is 0. The Kier molecular flexibility index (Phi) is 3.42. The molecule has 0 unspecified atom stereocenters. The Bertz CT molecular complexity index is 142. The summed E-state index contributed by atoms with van der Waals surface area (Å²) in [6.07, 6.45) is 8.00. The Labute approximate surface area is 61.0 Å². The van der Waals surface area contributed by atoms with E-state index >= 15 is 0 Å². The Hall–Kier alpha value is -1.02. The number of rotatable bonds is 0. The van der Waals surface area contributed by atoms with E-state index in [1.807, 2.05) is 24.5 Å². The van der Waals surface area contributed by atoms with Crippen molar-refractivity contribution in [2.45, 2.75) is 0 Å². The van der Waals surface area contributed by atoms with E-state index < -0.39 is 0 Å². The molecule has 1 aromatic rings. The summed E-state index contributed by atoms with van der Waals surface area (Å²) in [5.41, 5.74) is 0. The smallest absolute Gasteiger partial charge is 0.0138 e. The maximum Gasteiger partial charge on any atom is 0.0138 e. The van der Waals surface area contributed by atoms with E-state index in [1.165, 1.54) is 0 Å². The van der Waals surface area contributed by atoms with E-state index in [9.17, 15) is 0 Å². The number of nitrogens with one attached hydrogen (secondary N) is 2. The van der Waals surface area contributed by atoms with Crippen LogP contribution < -0.4 is 5.32 Å². The normalized spacial score (nSPS) is 14.4. The van der Waals surface area contributed by atoms with Crippen molar-refractivity contribution in [3.8, 4) is 0 Å². The minimum Gasteiger partial charge on any atom is -0.368 e. The molecule has 1 aliphatic rings. The van der Waals surface area contributed by atoms with E-state index in [0.29, 0.717) is 0 Å². The van der Waals surface area contributed by atoms with E-state index in [4.69, 9.17) is 0 Å². The molecule has 1 aliphatic heterocycles. The second kappa shape index (κ2) is 4.82. The van der Waals surface area contributed by atoms with Crippen molar-refractivity contribution in [2.75, 3.05) is 13.1 Å². The first-order valence-electron chi connectivity index (χ1n) is 3.43. The van der Waals surface area contributed by atoms with Gasteiger partial charge < -0.3 is 10.3 Å². The molecule has 2 nitrogen and oxygen atoms in total. The molecule has 0 saturated carbocycles. The second-order valence-corrected chi connectivity index (χ2v) is 2.01. The molecule has 10 heavy (non-hydrogen) atoms. The highest BCUT2D eigenvalue weighted by Crippen LogP contribution is 1.75. The summed E-state index contributed by atoms with van der Waals surface area (Å²) < 4.78 is 0. The molecule has 1 aromatic heterocycles. The van der Waals surface area contributed by atoms with Crippen LogP contribution >= 0.6 is 0 Å². The molecule has 2 heterocycles. The van der Waals surface area contributed by atoms with Crippen molar-refractivity contribution < 1.29 is 0 Å². The summed E-state index contributed by atoms with van der Waals surface area (Å²) in [4.78, 5) is 2.86. The lowest BCUT2D eigenvalue weighted by molar-refractivity contribution is 0.892. The first kappa shape index (κ1) is 7.09. The summed E-state index contributed by atoms with van der Waals surface area (Å²) in [6, 6.07) is 3.89. The highest BCUT2D eigenvalue weighted by molar-refractivity contribution is 4.92. The van der Waals surface area contributed by atoms with Gasteiger partial charge in [0.1, 0.15) is 0 Å². The third-order valence-corrected chi connectivity index (χ3v) is 1.19. The van der Waals surface area contributed by atoms with Crippen LogP contribution in [0.2, 0.25) is 0 Å². The zero-order valence-electron chi connectivity index (χ0n) is 5.88. The van der Waals surface area contributed by atoms with Crippen molar-refractivity contribution in [3.05, 3.63) is 36.7 Å². The van der Waals surface area contributed by atoms with Crippen molar-refractivity contribution in [1.82, 2.24) is 10.3 Å². The van der Waals surface area contributed by atoms with Crippen molar-refractivity contribution >= 4 is 0 Å². The van der Waals surface area contributed by atoms with Crippen LogP contribution in [0.3, 0.4) is 0 Å². The molecule has 54 valence electrons. The fraction of sp³-hybridized carbons (Fsp3) is 0.250. The standard InChI is InChI=1S/C4H7N.C4H5N/c2*1-2-4-5-3-1/h1-2,5H,3-4H2;1-5H. The van der Waals surface area contributed by atoms with Gasteiger partial charge in [-0.05, 0) is 12.1 Å². The molecule has 0 saturated heterocycles. The summed E-state index contributed by atoms with van der Waals surface area (Å²) in [5.74, 6) is 0. The first-order chi connectivity index (χ1) is 5.00. The van der Waals surface area contributed by atoms with Crippen LogP contribution in [0, 0.1) is 0 Å². The summed E-state index contributed by atoms with van der Waals surface area (Å²) in [6.45, 7) is 2.14. The average Bonchev–Trinajstić information content (AvgIpc) is 2.67. The Balaban J connectivity index is 0.0000001000. The Morgan fingerprint density at radius 3 is 1.70 bits per heavy atom. The van der Waals surface area contributed by atoms with Crippen LogP contribution in [-0.2, 0) is 0 Å². The molecule has 0 amide bonds. The van der Waals surface area contributed by atoms with Gasteiger partial charge in [-0.1, -0.05) is 12.2 Å². The van der Waals surface area contributed by atoms with Crippen LogP contribution in [0.15, 0.2) is 36.7 Å². The fourth-order valence-electron chi connectivity index (χ4n) is 0.694. The van der Waals surface area contributed by atoms with Crippen LogP contribution in [0.4, 0.5) is 0 Å². The topological polar surface area (TPSA) is 27.8 Å². The monoisotopic (exact) mass is 136 g/mol. The zero-order chi connectivity index (χ0) is 7.07. The molecule has 0 radical (unpaired) electrons. The maximum absolute atomic E-state index is 3.11. The second-order valence-electron chi connectivity index (χ2n) is 2.01. The van der Waals surface area contributed by atoms with Gasteiger partial charge in [0.15, 0.2) is 0 Å². The molecular formula is C8H12N2. The van der Waals surface area contributed by atoms with Crippen LogP contribution in [-0.4, -0.2) is 18.1 Å². The molecule has 2 N–H and O–H groups in total. The van der Waals surface area contributed by atoms with E-state index in [0.717, 1.165) is 13.1 Å². The van der Waals surface area contributed by atoms with Gasteiger partial charge in [0.2, 0.25) is 0 Å². The molecule has 0 fully saturated rings. The Morgan fingerprint density at radius 1 is 0.900 bits per heavy atom. The average molecular weight is 136 g/mol. The van der Waals surface area contributed by atoms with Crippen LogP contribution in [0.25, 0.3) is 0 Å². The lowest BCUT2D eigenvalue weighted by atomic mass is 10.6. The van der Waals surface area contributed by atoms with E-state index in [2.05, 4.69) is 22.5 Å². The van der Waals surface area contributed by atoms with Gasteiger partial charge in [-0.25, -0.2) is 0 Å². The largest absolute Gasteiger partial charge is 0.368 e. The fourth-order valence-corrected chi connectivity index (χ4v) is 0.694. The molecule has 2 heteroatoms. The molecule has 0 bridgehead atoms. The Morgan fingerprint density at radius 2 is 1.50 bits per heavy atom. The molecule has 0 aromatic carbocycles. The maximum atomic E-state index is 3.11. The number of hydrogen-bond acceptors (Lipinski definition) is 1. The first-order valence-corrected chi connectivity index (χ1v) is 3.43. The van der Waals surface area contributed by atoms with Gasteiger partial charge >= 0.3 is 0 Å². The van der Waals surface area contributed by atoms with Crippen molar-refractivity contribution in [1.29, 1.82) is 0 Å². The number of aromatic amines is 1. The highest BCUT2D eigenvalue weighted by Gasteiger charge is 1.81. The van der Waals surface area contributed by atoms with Crippen molar-refractivity contribution in [3.63, 3.8) is 0 Å². The predicted molar refractivity (Wildman–Crippen MR) is 42.8 cm³/mol. The quantitative estimate of drug-likeness (QED) is 0.515. The lowest BCUT2D eigenvalue weighted by Gasteiger charge is -1.77. The number of aromatic nitrogens is 1.